The topological polar surface area (TPSA) is 92.9 Å². The minimum Gasteiger partial charge on any atom is -0.476 e. The minimum absolute atomic E-state index is 0.0862. The van der Waals surface area contributed by atoms with Crippen molar-refractivity contribution in [2.45, 2.75) is 32.2 Å². The summed E-state index contributed by atoms with van der Waals surface area (Å²) in [6.45, 7) is 4.28. The standard InChI is InChI=1S/C13H17N5O2S/c1-8-15-6-10(21-8)7-18-12(9-2-4-14-5-3-9)11(13(19)20)16-17-18/h6,9,14H,2-5,7H2,1H3,(H,19,20). The molecule has 3 rings (SSSR count). The van der Waals surface area contributed by atoms with Crippen LogP contribution in [0.5, 0.6) is 0 Å². The Morgan fingerprint density at radius 2 is 2.29 bits per heavy atom. The molecule has 0 aromatic carbocycles. The van der Waals surface area contributed by atoms with Crippen molar-refractivity contribution in [2.75, 3.05) is 13.1 Å². The highest BCUT2D eigenvalue weighted by Gasteiger charge is 2.27. The summed E-state index contributed by atoms with van der Waals surface area (Å²) in [5, 5.41) is 21.6. The van der Waals surface area contributed by atoms with E-state index in [0.29, 0.717) is 6.54 Å². The smallest absolute Gasteiger partial charge is 0.358 e. The Kier molecular flexibility index (Phi) is 3.98. The molecule has 0 bridgehead atoms. The maximum atomic E-state index is 11.4. The number of aryl methyl sites for hydroxylation is 1. The van der Waals surface area contributed by atoms with Crippen molar-refractivity contribution >= 4 is 17.3 Å². The van der Waals surface area contributed by atoms with Gasteiger partial charge < -0.3 is 10.4 Å². The number of thiazole rings is 1. The van der Waals surface area contributed by atoms with Crippen LogP contribution >= 0.6 is 11.3 Å². The van der Waals surface area contributed by atoms with E-state index in [1.807, 2.05) is 13.1 Å². The first-order chi connectivity index (χ1) is 10.1. The first-order valence-corrected chi connectivity index (χ1v) is 7.75. The molecule has 1 saturated heterocycles. The lowest BCUT2D eigenvalue weighted by Gasteiger charge is -2.23. The monoisotopic (exact) mass is 307 g/mol. The van der Waals surface area contributed by atoms with Crippen LogP contribution in [0.4, 0.5) is 0 Å². The number of hydrogen-bond donors (Lipinski definition) is 2. The van der Waals surface area contributed by atoms with Gasteiger partial charge in [0.15, 0.2) is 5.69 Å². The van der Waals surface area contributed by atoms with Gasteiger partial charge in [-0.05, 0) is 32.9 Å². The van der Waals surface area contributed by atoms with Gasteiger partial charge in [-0.15, -0.1) is 16.4 Å². The number of aromatic carboxylic acids is 1. The summed E-state index contributed by atoms with van der Waals surface area (Å²) >= 11 is 1.60. The molecule has 1 aliphatic rings. The molecule has 0 saturated carbocycles. The van der Waals surface area contributed by atoms with Gasteiger partial charge in [0.25, 0.3) is 0 Å². The van der Waals surface area contributed by atoms with Gasteiger partial charge in [0.1, 0.15) is 0 Å². The number of rotatable bonds is 4. The molecule has 2 aromatic rings. The SMILES string of the molecule is Cc1ncc(Cn2nnc(C(=O)O)c2C2CCNCC2)s1. The van der Waals surface area contributed by atoms with E-state index in [9.17, 15) is 9.90 Å². The Hall–Kier alpha value is -1.80. The van der Waals surface area contributed by atoms with E-state index in [0.717, 1.165) is 41.5 Å². The van der Waals surface area contributed by atoms with Crippen LogP contribution < -0.4 is 5.32 Å². The predicted octanol–water partition coefficient (Wildman–Crippen LogP) is 1.26. The van der Waals surface area contributed by atoms with Gasteiger partial charge in [0.05, 0.1) is 17.2 Å². The van der Waals surface area contributed by atoms with Gasteiger partial charge in [-0.3, -0.25) is 0 Å². The lowest BCUT2D eigenvalue weighted by molar-refractivity contribution is 0.0688. The van der Waals surface area contributed by atoms with E-state index in [-0.39, 0.29) is 11.6 Å². The van der Waals surface area contributed by atoms with Crippen molar-refractivity contribution in [1.29, 1.82) is 0 Å². The maximum absolute atomic E-state index is 11.4. The zero-order chi connectivity index (χ0) is 14.8. The molecule has 0 amide bonds. The fourth-order valence-corrected chi connectivity index (χ4v) is 3.49. The second kappa shape index (κ2) is 5.90. The number of piperidine rings is 1. The van der Waals surface area contributed by atoms with Gasteiger partial charge in [-0.25, -0.2) is 14.5 Å². The lowest BCUT2D eigenvalue weighted by atomic mass is 9.93. The van der Waals surface area contributed by atoms with E-state index in [2.05, 4.69) is 20.6 Å². The van der Waals surface area contributed by atoms with E-state index in [1.165, 1.54) is 0 Å². The lowest BCUT2D eigenvalue weighted by Crippen LogP contribution is -2.28. The summed E-state index contributed by atoms with van der Waals surface area (Å²) in [5.41, 5.74) is 0.832. The molecule has 0 aliphatic carbocycles. The summed E-state index contributed by atoms with van der Waals surface area (Å²) in [5.74, 6) is -0.809. The van der Waals surface area contributed by atoms with Crippen molar-refractivity contribution < 1.29 is 9.90 Å². The third-order valence-electron chi connectivity index (χ3n) is 3.68. The van der Waals surface area contributed by atoms with Crippen LogP contribution in [0.3, 0.4) is 0 Å². The van der Waals surface area contributed by atoms with Gasteiger partial charge in [0, 0.05) is 17.0 Å². The zero-order valence-electron chi connectivity index (χ0n) is 11.7. The van der Waals surface area contributed by atoms with E-state index in [1.54, 1.807) is 16.0 Å². The van der Waals surface area contributed by atoms with Crippen molar-refractivity contribution in [3.05, 3.63) is 27.5 Å². The summed E-state index contributed by atoms with van der Waals surface area (Å²) in [7, 11) is 0. The maximum Gasteiger partial charge on any atom is 0.358 e. The summed E-state index contributed by atoms with van der Waals surface area (Å²) < 4.78 is 1.73. The number of nitrogens with one attached hydrogen (secondary N) is 1. The largest absolute Gasteiger partial charge is 0.476 e. The number of carboxylic acids is 1. The van der Waals surface area contributed by atoms with Crippen molar-refractivity contribution in [3.8, 4) is 0 Å². The van der Waals surface area contributed by atoms with E-state index < -0.39 is 5.97 Å². The zero-order valence-corrected chi connectivity index (χ0v) is 12.6. The van der Waals surface area contributed by atoms with Crippen molar-refractivity contribution in [1.82, 2.24) is 25.3 Å². The molecule has 2 N–H and O–H groups in total. The summed E-state index contributed by atoms with van der Waals surface area (Å²) in [4.78, 5) is 16.7. The molecule has 3 heterocycles. The van der Waals surface area contributed by atoms with Gasteiger partial charge in [-0.1, -0.05) is 5.21 Å². The Morgan fingerprint density at radius 1 is 1.52 bits per heavy atom. The fraction of sp³-hybridized carbons (Fsp3) is 0.538. The highest BCUT2D eigenvalue weighted by molar-refractivity contribution is 7.11. The predicted molar refractivity (Wildman–Crippen MR) is 77.8 cm³/mol. The van der Waals surface area contributed by atoms with E-state index in [4.69, 9.17) is 0 Å². The third kappa shape index (κ3) is 2.96. The number of carbonyl (C=O) groups is 1. The van der Waals surface area contributed by atoms with Crippen LogP contribution in [-0.4, -0.2) is 44.1 Å². The number of aromatic nitrogens is 4. The Bertz CT molecular complexity index is 645. The normalized spacial score (nSPS) is 16.2. The second-order valence-electron chi connectivity index (χ2n) is 5.16. The third-order valence-corrected chi connectivity index (χ3v) is 4.57. The molecule has 0 radical (unpaired) electrons. The molecule has 112 valence electrons. The summed E-state index contributed by atoms with van der Waals surface area (Å²) in [6.07, 6.45) is 3.64. The molecule has 8 heteroatoms. The molecule has 1 aliphatic heterocycles. The second-order valence-corrected chi connectivity index (χ2v) is 6.48. The molecule has 2 aromatic heterocycles. The van der Waals surface area contributed by atoms with E-state index >= 15 is 0 Å². The van der Waals surface area contributed by atoms with Crippen molar-refractivity contribution in [2.24, 2.45) is 0 Å². The highest BCUT2D eigenvalue weighted by Crippen LogP contribution is 2.28. The average molecular weight is 307 g/mol. The van der Waals surface area contributed by atoms with Crippen LogP contribution in [0.15, 0.2) is 6.20 Å². The van der Waals surface area contributed by atoms with Gasteiger partial charge in [0.2, 0.25) is 0 Å². The van der Waals surface area contributed by atoms with Crippen LogP contribution in [0, 0.1) is 6.92 Å². The molecule has 0 atom stereocenters. The molecule has 1 fully saturated rings. The van der Waals surface area contributed by atoms with Crippen LogP contribution in [0.1, 0.15) is 44.8 Å². The summed E-state index contributed by atoms with van der Waals surface area (Å²) in [6, 6.07) is 0. The average Bonchev–Trinajstić information content (AvgIpc) is 3.07. The molecular formula is C13H17N5O2S. The molecule has 0 spiro atoms. The van der Waals surface area contributed by atoms with Crippen LogP contribution in [-0.2, 0) is 6.54 Å². The first kappa shape index (κ1) is 14.2. The quantitative estimate of drug-likeness (QED) is 0.883. The number of carboxylic acid groups (broad SMARTS) is 1. The first-order valence-electron chi connectivity index (χ1n) is 6.94. The van der Waals surface area contributed by atoms with Crippen LogP contribution in [0.25, 0.3) is 0 Å². The fourth-order valence-electron chi connectivity index (χ4n) is 2.71. The molecular weight excluding hydrogens is 290 g/mol. The van der Waals surface area contributed by atoms with Gasteiger partial charge in [-0.2, -0.15) is 0 Å². The molecule has 0 unspecified atom stereocenters. The Morgan fingerprint density at radius 3 is 2.90 bits per heavy atom. The van der Waals surface area contributed by atoms with Crippen molar-refractivity contribution in [3.63, 3.8) is 0 Å². The Balaban J connectivity index is 1.93. The number of hydrogen-bond acceptors (Lipinski definition) is 6. The van der Waals surface area contributed by atoms with Crippen LogP contribution in [0.2, 0.25) is 0 Å². The highest BCUT2D eigenvalue weighted by atomic mass is 32.1. The number of nitrogens with zero attached hydrogens (tertiary/aromatic N) is 4. The van der Waals surface area contributed by atoms with Gasteiger partial charge >= 0.3 is 5.97 Å². The Labute approximate surface area is 126 Å². The molecule has 7 nitrogen and oxygen atoms in total. The molecule has 21 heavy (non-hydrogen) atoms. The minimum atomic E-state index is -1.00.